The standard InChI is InChI=1S/C24H25N3O2S/c1-3-16-29-21-7-5-4-6-19(21)17-22-23(28)25-24(30-22)27-14-12-26(13-15-27)20-10-8-18(2)9-11-20/h3-11,17H,1,12-16H2,2H3/b22-17+. The van der Waals surface area contributed by atoms with Gasteiger partial charge in [-0.25, -0.2) is 0 Å². The van der Waals surface area contributed by atoms with Crippen molar-refractivity contribution in [2.45, 2.75) is 6.92 Å². The van der Waals surface area contributed by atoms with Crippen molar-refractivity contribution in [2.24, 2.45) is 4.99 Å². The summed E-state index contributed by atoms with van der Waals surface area (Å²) in [4.78, 5) is 22.0. The molecule has 0 atom stereocenters. The molecule has 0 unspecified atom stereocenters. The maximum Gasteiger partial charge on any atom is 0.286 e. The molecule has 0 saturated carbocycles. The van der Waals surface area contributed by atoms with Gasteiger partial charge < -0.3 is 14.5 Å². The molecule has 1 amide bonds. The zero-order valence-electron chi connectivity index (χ0n) is 17.1. The number of aryl methyl sites for hydroxylation is 1. The van der Waals surface area contributed by atoms with Crippen LogP contribution in [0.5, 0.6) is 5.75 Å². The molecule has 1 saturated heterocycles. The third-order valence-corrected chi connectivity index (χ3v) is 6.17. The molecule has 0 bridgehead atoms. The highest BCUT2D eigenvalue weighted by Gasteiger charge is 2.28. The van der Waals surface area contributed by atoms with Gasteiger partial charge >= 0.3 is 0 Å². The molecule has 2 aromatic rings. The number of piperazine rings is 1. The fourth-order valence-electron chi connectivity index (χ4n) is 3.47. The second-order valence-corrected chi connectivity index (χ2v) is 8.27. The number of thioether (sulfide) groups is 1. The van der Waals surface area contributed by atoms with Crippen LogP contribution in [-0.2, 0) is 4.79 Å². The topological polar surface area (TPSA) is 45.1 Å². The summed E-state index contributed by atoms with van der Waals surface area (Å²) in [5, 5.41) is 0.791. The number of benzene rings is 2. The van der Waals surface area contributed by atoms with Crippen molar-refractivity contribution < 1.29 is 9.53 Å². The maximum atomic E-state index is 12.5. The lowest BCUT2D eigenvalue weighted by Crippen LogP contribution is -2.47. The molecule has 30 heavy (non-hydrogen) atoms. The Morgan fingerprint density at radius 2 is 1.77 bits per heavy atom. The zero-order chi connectivity index (χ0) is 20.9. The van der Waals surface area contributed by atoms with Crippen LogP contribution in [0.4, 0.5) is 5.69 Å². The minimum absolute atomic E-state index is 0.186. The molecule has 5 nitrogen and oxygen atoms in total. The van der Waals surface area contributed by atoms with E-state index in [1.54, 1.807) is 6.08 Å². The minimum Gasteiger partial charge on any atom is -0.489 e. The van der Waals surface area contributed by atoms with Gasteiger partial charge in [0, 0.05) is 37.4 Å². The summed E-state index contributed by atoms with van der Waals surface area (Å²) in [6.45, 7) is 9.72. The van der Waals surface area contributed by atoms with Gasteiger partial charge in [0.2, 0.25) is 0 Å². The number of rotatable bonds is 5. The van der Waals surface area contributed by atoms with Gasteiger partial charge in [0.05, 0.1) is 4.91 Å². The Bertz CT molecular complexity index is 990. The monoisotopic (exact) mass is 419 g/mol. The highest BCUT2D eigenvalue weighted by molar-refractivity contribution is 8.18. The summed E-state index contributed by atoms with van der Waals surface area (Å²) in [6.07, 6.45) is 3.57. The van der Waals surface area contributed by atoms with E-state index in [2.05, 4.69) is 52.6 Å². The molecule has 154 valence electrons. The first-order chi connectivity index (χ1) is 14.6. The van der Waals surface area contributed by atoms with Crippen LogP contribution in [0.3, 0.4) is 0 Å². The molecule has 0 aromatic heterocycles. The fraction of sp³-hybridized carbons (Fsp3) is 0.250. The van der Waals surface area contributed by atoms with E-state index in [0.29, 0.717) is 11.5 Å². The number of amidine groups is 1. The number of para-hydroxylation sites is 1. The van der Waals surface area contributed by atoms with Gasteiger partial charge in [0.15, 0.2) is 5.17 Å². The highest BCUT2D eigenvalue weighted by Crippen LogP contribution is 2.33. The summed E-state index contributed by atoms with van der Waals surface area (Å²) >= 11 is 1.44. The Hall–Kier alpha value is -2.99. The average molecular weight is 420 g/mol. The van der Waals surface area contributed by atoms with E-state index in [1.807, 2.05) is 30.3 Å². The van der Waals surface area contributed by atoms with Gasteiger partial charge in [-0.15, -0.1) is 0 Å². The number of hydrogen-bond donors (Lipinski definition) is 0. The Morgan fingerprint density at radius 3 is 2.50 bits per heavy atom. The van der Waals surface area contributed by atoms with E-state index >= 15 is 0 Å². The quantitative estimate of drug-likeness (QED) is 0.533. The van der Waals surface area contributed by atoms with Gasteiger partial charge in [-0.3, -0.25) is 4.79 Å². The van der Waals surface area contributed by atoms with E-state index < -0.39 is 0 Å². The number of ether oxygens (including phenoxy) is 1. The number of carbonyl (C=O) groups is 1. The van der Waals surface area contributed by atoms with Crippen LogP contribution in [0, 0.1) is 6.92 Å². The van der Waals surface area contributed by atoms with Crippen LogP contribution in [0.15, 0.2) is 71.1 Å². The molecule has 2 aromatic carbocycles. The number of anilines is 1. The zero-order valence-corrected chi connectivity index (χ0v) is 17.9. The smallest absolute Gasteiger partial charge is 0.286 e. The van der Waals surface area contributed by atoms with E-state index in [-0.39, 0.29) is 5.91 Å². The molecule has 2 aliphatic rings. The van der Waals surface area contributed by atoms with Crippen molar-refractivity contribution >= 4 is 34.6 Å². The van der Waals surface area contributed by atoms with Gasteiger partial charge in [-0.2, -0.15) is 4.99 Å². The lowest BCUT2D eigenvalue weighted by atomic mass is 10.2. The molecular formula is C24H25N3O2S. The Labute approximate surface area is 181 Å². The highest BCUT2D eigenvalue weighted by atomic mass is 32.2. The van der Waals surface area contributed by atoms with Crippen LogP contribution in [0.2, 0.25) is 0 Å². The van der Waals surface area contributed by atoms with E-state index in [4.69, 9.17) is 4.74 Å². The molecule has 6 heteroatoms. The van der Waals surface area contributed by atoms with Crippen LogP contribution < -0.4 is 9.64 Å². The molecule has 0 radical (unpaired) electrons. The molecule has 2 heterocycles. The number of amides is 1. The average Bonchev–Trinajstić information content (AvgIpc) is 3.14. The van der Waals surface area contributed by atoms with Crippen molar-refractivity contribution in [1.82, 2.24) is 4.90 Å². The number of hydrogen-bond acceptors (Lipinski definition) is 5. The van der Waals surface area contributed by atoms with E-state index in [1.165, 1.54) is 23.0 Å². The van der Waals surface area contributed by atoms with Crippen molar-refractivity contribution in [3.8, 4) is 5.75 Å². The van der Waals surface area contributed by atoms with Crippen molar-refractivity contribution in [3.05, 3.63) is 77.2 Å². The second kappa shape index (κ2) is 9.22. The molecule has 1 fully saturated rings. The van der Waals surface area contributed by atoms with E-state index in [9.17, 15) is 4.79 Å². The summed E-state index contributed by atoms with van der Waals surface area (Å²) in [5.74, 6) is 0.549. The third kappa shape index (κ3) is 4.60. The van der Waals surface area contributed by atoms with Crippen LogP contribution in [-0.4, -0.2) is 48.8 Å². The van der Waals surface area contributed by atoms with E-state index in [0.717, 1.165) is 42.7 Å². The molecule has 4 rings (SSSR count). The van der Waals surface area contributed by atoms with Gasteiger partial charge in [-0.1, -0.05) is 48.6 Å². The molecule has 0 spiro atoms. The maximum absolute atomic E-state index is 12.5. The van der Waals surface area contributed by atoms with Crippen molar-refractivity contribution in [2.75, 3.05) is 37.7 Å². The largest absolute Gasteiger partial charge is 0.489 e. The summed E-state index contributed by atoms with van der Waals surface area (Å²) in [6, 6.07) is 16.3. The molecular weight excluding hydrogens is 394 g/mol. The predicted octanol–water partition coefficient (Wildman–Crippen LogP) is 4.35. The Morgan fingerprint density at radius 1 is 1.07 bits per heavy atom. The van der Waals surface area contributed by atoms with Gasteiger partial charge in [-0.05, 0) is 43.0 Å². The Balaban J connectivity index is 1.41. The molecule has 0 aliphatic carbocycles. The predicted molar refractivity (Wildman–Crippen MR) is 125 cm³/mol. The number of aliphatic imine (C=N–C) groups is 1. The molecule has 0 N–H and O–H groups in total. The second-order valence-electron chi connectivity index (χ2n) is 7.26. The first kappa shape index (κ1) is 20.3. The SMILES string of the molecule is C=CCOc1ccccc1/C=C1/SC(N2CCN(c3ccc(C)cc3)CC2)=NC1=O. The Kier molecular flexibility index (Phi) is 6.23. The molecule has 2 aliphatic heterocycles. The summed E-state index contributed by atoms with van der Waals surface area (Å²) < 4.78 is 5.70. The summed E-state index contributed by atoms with van der Waals surface area (Å²) in [7, 11) is 0. The van der Waals surface area contributed by atoms with Crippen LogP contribution in [0.1, 0.15) is 11.1 Å². The van der Waals surface area contributed by atoms with Crippen LogP contribution in [0.25, 0.3) is 6.08 Å². The first-order valence-corrected chi connectivity index (χ1v) is 10.9. The number of nitrogens with zero attached hydrogens (tertiary/aromatic N) is 3. The van der Waals surface area contributed by atoms with Crippen LogP contribution >= 0.6 is 11.8 Å². The normalized spacial score (nSPS) is 18.0. The first-order valence-electron chi connectivity index (χ1n) is 10.1. The third-order valence-electron chi connectivity index (χ3n) is 5.12. The lowest BCUT2D eigenvalue weighted by Gasteiger charge is -2.36. The minimum atomic E-state index is -0.186. The van der Waals surface area contributed by atoms with Crippen molar-refractivity contribution in [1.29, 1.82) is 0 Å². The summed E-state index contributed by atoms with van der Waals surface area (Å²) in [5.41, 5.74) is 3.38. The van der Waals surface area contributed by atoms with Gasteiger partial charge in [0.25, 0.3) is 5.91 Å². The van der Waals surface area contributed by atoms with Crippen molar-refractivity contribution in [3.63, 3.8) is 0 Å². The lowest BCUT2D eigenvalue weighted by molar-refractivity contribution is -0.113. The fourth-order valence-corrected chi connectivity index (χ4v) is 4.42. The number of carbonyl (C=O) groups excluding carboxylic acids is 1. The van der Waals surface area contributed by atoms with Gasteiger partial charge in [0.1, 0.15) is 12.4 Å².